The van der Waals surface area contributed by atoms with E-state index in [0.717, 1.165) is 5.92 Å². The van der Waals surface area contributed by atoms with Crippen molar-refractivity contribution in [1.29, 1.82) is 0 Å². The lowest BCUT2D eigenvalue weighted by atomic mass is 9.39. The summed E-state index contributed by atoms with van der Waals surface area (Å²) in [4.78, 5) is 0. The van der Waals surface area contributed by atoms with E-state index in [9.17, 15) is 0 Å². The number of rotatable bonds is 4. The highest BCUT2D eigenvalue weighted by Gasteiger charge is 2.60. The Hall–Kier alpha value is -0.300. The second kappa shape index (κ2) is 4.10. The van der Waals surface area contributed by atoms with Gasteiger partial charge in [-0.05, 0) is 81.1 Å². The van der Waals surface area contributed by atoms with Gasteiger partial charge < -0.3 is 5.32 Å². The fraction of sp³-hybridized carbons (Fsp3) is 0.889. The third kappa shape index (κ3) is 2.28. The summed E-state index contributed by atoms with van der Waals surface area (Å²) in [6.45, 7) is 11.5. The van der Waals surface area contributed by atoms with Gasteiger partial charge in [0.1, 0.15) is 0 Å². The molecule has 108 valence electrons. The molecule has 0 radical (unpaired) electrons. The molecule has 4 bridgehead atoms. The highest BCUT2D eigenvalue weighted by Crippen LogP contribution is 2.70. The van der Waals surface area contributed by atoms with Crippen LogP contribution in [0.2, 0.25) is 0 Å². The molecule has 4 aliphatic rings. The Bertz CT molecular complexity index is 378. The molecule has 0 aromatic rings. The summed E-state index contributed by atoms with van der Waals surface area (Å²) in [7, 11) is 2.10. The lowest BCUT2D eigenvalue weighted by Gasteiger charge is -2.66. The van der Waals surface area contributed by atoms with Crippen LogP contribution >= 0.6 is 0 Å². The molecule has 0 saturated heterocycles. The molecule has 19 heavy (non-hydrogen) atoms. The molecule has 4 rings (SSSR count). The Morgan fingerprint density at radius 2 is 1.74 bits per heavy atom. The normalized spacial score (nSPS) is 49.4. The van der Waals surface area contributed by atoms with Gasteiger partial charge in [-0.15, -0.1) is 0 Å². The Morgan fingerprint density at radius 3 is 2.16 bits per heavy atom. The minimum atomic E-state index is 0.517. The first-order valence-electron chi connectivity index (χ1n) is 8.10. The van der Waals surface area contributed by atoms with Gasteiger partial charge in [-0.3, -0.25) is 0 Å². The molecule has 0 spiro atoms. The van der Waals surface area contributed by atoms with Crippen molar-refractivity contribution in [2.24, 2.45) is 22.2 Å². The van der Waals surface area contributed by atoms with Gasteiger partial charge in [0.05, 0.1) is 0 Å². The number of likely N-dealkylation sites (N-methyl/N-ethyl adjacent to an activating group) is 1. The van der Waals surface area contributed by atoms with Crippen LogP contribution in [0.3, 0.4) is 0 Å². The van der Waals surface area contributed by atoms with Crippen LogP contribution in [-0.2, 0) is 0 Å². The highest BCUT2D eigenvalue weighted by atomic mass is 14.9. The van der Waals surface area contributed by atoms with Crippen molar-refractivity contribution in [2.45, 2.75) is 71.8 Å². The van der Waals surface area contributed by atoms with E-state index in [-0.39, 0.29) is 0 Å². The van der Waals surface area contributed by atoms with Crippen molar-refractivity contribution in [2.75, 3.05) is 7.05 Å². The second-order valence-electron chi connectivity index (χ2n) is 9.02. The van der Waals surface area contributed by atoms with Crippen LogP contribution in [0.25, 0.3) is 0 Å². The first-order valence-corrected chi connectivity index (χ1v) is 8.10. The predicted molar refractivity (Wildman–Crippen MR) is 82.1 cm³/mol. The monoisotopic (exact) mass is 261 g/mol. The molecule has 4 saturated carbocycles. The maximum absolute atomic E-state index is 4.20. The number of hydrogen-bond donors (Lipinski definition) is 1. The van der Waals surface area contributed by atoms with Crippen molar-refractivity contribution >= 4 is 0 Å². The SMILES string of the molecule is C=C(C)C(CC12CC3CC(C)(CC(C)(C3)C1)C2)NC. The van der Waals surface area contributed by atoms with Gasteiger partial charge in [-0.1, -0.05) is 26.0 Å². The third-order valence-corrected chi connectivity index (χ3v) is 6.32. The summed E-state index contributed by atoms with van der Waals surface area (Å²) in [6.07, 6.45) is 10.2. The standard InChI is InChI=1S/C18H31N/c1-13(2)15(19-5)9-18-8-14-6-16(3,11-18)10-17(4,7-14)12-18/h14-15,19H,1,6-12H2,2-5H3. The minimum absolute atomic E-state index is 0.517. The molecule has 0 aliphatic heterocycles. The molecule has 3 unspecified atom stereocenters. The zero-order valence-corrected chi connectivity index (χ0v) is 13.3. The van der Waals surface area contributed by atoms with Crippen molar-refractivity contribution in [1.82, 2.24) is 5.32 Å². The molecule has 3 atom stereocenters. The molecule has 1 N–H and O–H groups in total. The van der Waals surface area contributed by atoms with Gasteiger partial charge in [0, 0.05) is 6.04 Å². The van der Waals surface area contributed by atoms with Crippen LogP contribution in [0.4, 0.5) is 0 Å². The van der Waals surface area contributed by atoms with Crippen LogP contribution in [0.15, 0.2) is 12.2 Å². The van der Waals surface area contributed by atoms with Gasteiger partial charge in [0.15, 0.2) is 0 Å². The average molecular weight is 261 g/mol. The van der Waals surface area contributed by atoms with Gasteiger partial charge in [-0.25, -0.2) is 0 Å². The van der Waals surface area contributed by atoms with Crippen molar-refractivity contribution in [3.05, 3.63) is 12.2 Å². The Labute approximate surface area is 119 Å². The number of hydrogen-bond acceptors (Lipinski definition) is 1. The molecular formula is C18H31N. The number of nitrogens with one attached hydrogen (secondary N) is 1. The van der Waals surface area contributed by atoms with Crippen LogP contribution in [-0.4, -0.2) is 13.1 Å². The minimum Gasteiger partial charge on any atom is -0.313 e. The van der Waals surface area contributed by atoms with Crippen LogP contribution in [0.1, 0.15) is 65.7 Å². The van der Waals surface area contributed by atoms with E-state index in [4.69, 9.17) is 0 Å². The average Bonchev–Trinajstić information content (AvgIpc) is 2.20. The van der Waals surface area contributed by atoms with Gasteiger partial charge in [0.2, 0.25) is 0 Å². The third-order valence-electron chi connectivity index (χ3n) is 6.32. The van der Waals surface area contributed by atoms with Gasteiger partial charge in [-0.2, -0.15) is 0 Å². The molecule has 0 aromatic heterocycles. The smallest absolute Gasteiger partial charge is 0.0276 e. The predicted octanol–water partition coefficient (Wildman–Crippen LogP) is 4.54. The maximum atomic E-state index is 4.20. The molecule has 0 amide bonds. The molecule has 4 aliphatic carbocycles. The quantitative estimate of drug-likeness (QED) is 0.733. The zero-order chi connectivity index (χ0) is 13.9. The Balaban J connectivity index is 1.86. The fourth-order valence-corrected chi connectivity index (χ4v) is 6.87. The fourth-order valence-electron chi connectivity index (χ4n) is 6.87. The Morgan fingerprint density at radius 1 is 1.16 bits per heavy atom. The lowest BCUT2D eigenvalue weighted by molar-refractivity contribution is -0.149. The van der Waals surface area contributed by atoms with E-state index in [2.05, 4.69) is 39.7 Å². The summed E-state index contributed by atoms with van der Waals surface area (Å²) in [5.41, 5.74) is 3.20. The van der Waals surface area contributed by atoms with E-state index >= 15 is 0 Å². The van der Waals surface area contributed by atoms with E-state index in [1.165, 1.54) is 50.5 Å². The van der Waals surface area contributed by atoms with Gasteiger partial charge >= 0.3 is 0 Å². The van der Waals surface area contributed by atoms with Crippen molar-refractivity contribution < 1.29 is 0 Å². The second-order valence-corrected chi connectivity index (χ2v) is 9.02. The summed E-state index contributed by atoms with van der Waals surface area (Å²) >= 11 is 0. The summed E-state index contributed by atoms with van der Waals surface area (Å²) in [6, 6.07) is 0.517. The molecule has 1 heteroatoms. The zero-order valence-electron chi connectivity index (χ0n) is 13.3. The maximum Gasteiger partial charge on any atom is 0.0276 e. The molecule has 0 aromatic carbocycles. The van der Waals surface area contributed by atoms with Crippen molar-refractivity contribution in [3.63, 3.8) is 0 Å². The lowest BCUT2D eigenvalue weighted by Crippen LogP contribution is -2.56. The first kappa shape index (κ1) is 13.7. The molecule has 0 heterocycles. The largest absolute Gasteiger partial charge is 0.313 e. The van der Waals surface area contributed by atoms with E-state index in [1.807, 2.05) is 0 Å². The van der Waals surface area contributed by atoms with Crippen LogP contribution in [0, 0.1) is 22.2 Å². The van der Waals surface area contributed by atoms with Gasteiger partial charge in [0.25, 0.3) is 0 Å². The molecule has 1 nitrogen and oxygen atoms in total. The highest BCUT2D eigenvalue weighted by molar-refractivity contribution is 5.13. The summed E-state index contributed by atoms with van der Waals surface area (Å²) < 4.78 is 0. The van der Waals surface area contributed by atoms with E-state index < -0.39 is 0 Å². The summed E-state index contributed by atoms with van der Waals surface area (Å²) in [5.74, 6) is 1.01. The first-order chi connectivity index (χ1) is 8.77. The van der Waals surface area contributed by atoms with Crippen molar-refractivity contribution in [3.8, 4) is 0 Å². The molecule has 4 fully saturated rings. The topological polar surface area (TPSA) is 12.0 Å². The molecular weight excluding hydrogens is 230 g/mol. The Kier molecular flexibility index (Phi) is 2.95. The van der Waals surface area contributed by atoms with Crippen LogP contribution < -0.4 is 5.32 Å². The van der Waals surface area contributed by atoms with E-state index in [1.54, 1.807) is 0 Å². The van der Waals surface area contributed by atoms with E-state index in [0.29, 0.717) is 22.3 Å². The summed E-state index contributed by atoms with van der Waals surface area (Å²) in [5, 5.41) is 3.50. The van der Waals surface area contributed by atoms with Crippen LogP contribution in [0.5, 0.6) is 0 Å².